The van der Waals surface area contributed by atoms with Crippen LogP contribution in [0.15, 0.2) is 6.20 Å². The number of aromatic nitrogens is 3. The average Bonchev–Trinajstić information content (AvgIpc) is 2.87. The average molecular weight is 311 g/mol. The summed E-state index contributed by atoms with van der Waals surface area (Å²) in [6.07, 6.45) is 2.62. The monoisotopic (exact) mass is 311 g/mol. The SMILES string of the molecule is CC(C)CCC(=O)NCC(=O)NCc1cn(CC(=O)O)nn1. The smallest absolute Gasteiger partial charge is 0.325 e. The first kappa shape index (κ1) is 17.6. The van der Waals surface area contributed by atoms with Gasteiger partial charge in [0.2, 0.25) is 11.8 Å². The number of nitrogens with one attached hydrogen (secondary N) is 2. The van der Waals surface area contributed by atoms with E-state index >= 15 is 0 Å². The van der Waals surface area contributed by atoms with Crippen molar-refractivity contribution in [1.82, 2.24) is 25.6 Å². The molecule has 22 heavy (non-hydrogen) atoms. The van der Waals surface area contributed by atoms with Crippen LogP contribution in [0.3, 0.4) is 0 Å². The van der Waals surface area contributed by atoms with Crippen LogP contribution in [0.4, 0.5) is 0 Å². The van der Waals surface area contributed by atoms with Crippen molar-refractivity contribution in [3.8, 4) is 0 Å². The van der Waals surface area contributed by atoms with Crippen LogP contribution in [-0.4, -0.2) is 44.4 Å². The summed E-state index contributed by atoms with van der Waals surface area (Å²) >= 11 is 0. The van der Waals surface area contributed by atoms with Crippen molar-refractivity contribution >= 4 is 17.8 Å². The maximum Gasteiger partial charge on any atom is 0.325 e. The largest absolute Gasteiger partial charge is 0.480 e. The molecular weight excluding hydrogens is 290 g/mol. The Hall–Kier alpha value is -2.45. The molecule has 0 saturated heterocycles. The van der Waals surface area contributed by atoms with Crippen LogP contribution >= 0.6 is 0 Å². The van der Waals surface area contributed by atoms with Gasteiger partial charge in [-0.1, -0.05) is 19.1 Å². The number of hydrogen-bond acceptors (Lipinski definition) is 5. The van der Waals surface area contributed by atoms with E-state index < -0.39 is 5.97 Å². The Labute approximate surface area is 128 Å². The molecule has 122 valence electrons. The van der Waals surface area contributed by atoms with Gasteiger partial charge in [0.25, 0.3) is 0 Å². The lowest BCUT2D eigenvalue weighted by molar-refractivity contribution is -0.138. The van der Waals surface area contributed by atoms with Crippen molar-refractivity contribution in [3.63, 3.8) is 0 Å². The topological polar surface area (TPSA) is 126 Å². The highest BCUT2D eigenvalue weighted by molar-refractivity contribution is 5.84. The summed E-state index contributed by atoms with van der Waals surface area (Å²) in [5.41, 5.74) is 0.445. The second-order valence-electron chi connectivity index (χ2n) is 5.29. The van der Waals surface area contributed by atoms with E-state index in [1.807, 2.05) is 13.8 Å². The van der Waals surface area contributed by atoms with Crippen LogP contribution in [0.1, 0.15) is 32.4 Å². The molecule has 1 aromatic rings. The third-order valence-corrected chi connectivity index (χ3v) is 2.74. The van der Waals surface area contributed by atoms with Crippen molar-refractivity contribution in [2.24, 2.45) is 5.92 Å². The van der Waals surface area contributed by atoms with Crippen LogP contribution in [0.25, 0.3) is 0 Å². The van der Waals surface area contributed by atoms with E-state index in [4.69, 9.17) is 5.11 Å². The van der Waals surface area contributed by atoms with Gasteiger partial charge < -0.3 is 15.7 Å². The van der Waals surface area contributed by atoms with Gasteiger partial charge in [-0.15, -0.1) is 5.10 Å². The van der Waals surface area contributed by atoms with E-state index in [9.17, 15) is 14.4 Å². The Balaban J connectivity index is 2.24. The first-order valence-corrected chi connectivity index (χ1v) is 7.01. The fourth-order valence-corrected chi connectivity index (χ4v) is 1.57. The molecule has 0 aliphatic heterocycles. The van der Waals surface area contributed by atoms with E-state index in [0.717, 1.165) is 11.1 Å². The van der Waals surface area contributed by atoms with Gasteiger partial charge in [0.1, 0.15) is 12.2 Å². The highest BCUT2D eigenvalue weighted by atomic mass is 16.4. The van der Waals surface area contributed by atoms with Crippen molar-refractivity contribution in [2.45, 2.75) is 39.8 Å². The molecule has 0 spiro atoms. The number of nitrogens with zero attached hydrogens (tertiary/aromatic N) is 3. The summed E-state index contributed by atoms with van der Waals surface area (Å²) in [6.45, 7) is 3.79. The van der Waals surface area contributed by atoms with Crippen LogP contribution in [0.2, 0.25) is 0 Å². The van der Waals surface area contributed by atoms with E-state index in [1.54, 1.807) is 0 Å². The lowest BCUT2D eigenvalue weighted by Crippen LogP contribution is -2.36. The van der Waals surface area contributed by atoms with E-state index in [2.05, 4.69) is 20.9 Å². The van der Waals surface area contributed by atoms with Crippen LogP contribution in [0.5, 0.6) is 0 Å². The lowest BCUT2D eigenvalue weighted by atomic mass is 10.1. The third-order valence-electron chi connectivity index (χ3n) is 2.74. The first-order chi connectivity index (χ1) is 10.4. The summed E-state index contributed by atoms with van der Waals surface area (Å²) in [6, 6.07) is 0. The Morgan fingerprint density at radius 1 is 1.27 bits per heavy atom. The van der Waals surface area contributed by atoms with Crippen LogP contribution in [-0.2, 0) is 27.5 Å². The molecule has 0 aromatic carbocycles. The van der Waals surface area contributed by atoms with E-state index in [-0.39, 0.29) is 31.4 Å². The fourth-order valence-electron chi connectivity index (χ4n) is 1.57. The number of carbonyl (C=O) groups is 3. The Morgan fingerprint density at radius 2 is 2.00 bits per heavy atom. The quantitative estimate of drug-likeness (QED) is 0.566. The standard InChI is InChI=1S/C13H21N5O4/c1-9(2)3-4-11(19)15-6-12(20)14-5-10-7-18(17-16-10)8-13(21)22/h7,9H,3-6,8H2,1-2H3,(H,14,20)(H,15,19)(H,21,22). The maximum absolute atomic E-state index is 11.6. The molecule has 0 bridgehead atoms. The number of rotatable bonds is 9. The number of carbonyl (C=O) groups excluding carboxylic acids is 2. The molecule has 0 radical (unpaired) electrons. The second kappa shape index (κ2) is 8.75. The van der Waals surface area contributed by atoms with Gasteiger partial charge in [0, 0.05) is 6.42 Å². The minimum absolute atomic E-state index is 0.0970. The molecule has 9 heteroatoms. The summed E-state index contributed by atoms with van der Waals surface area (Å²) in [5.74, 6) is -1.08. The molecule has 3 N–H and O–H groups in total. The van der Waals surface area contributed by atoms with Crippen molar-refractivity contribution in [3.05, 3.63) is 11.9 Å². The van der Waals surface area contributed by atoms with Gasteiger partial charge in [0.05, 0.1) is 19.3 Å². The number of amides is 2. The maximum atomic E-state index is 11.6. The first-order valence-electron chi connectivity index (χ1n) is 7.01. The Bertz CT molecular complexity index is 526. The molecular formula is C13H21N5O4. The predicted octanol–water partition coefficient (Wildman–Crippen LogP) is -0.469. The van der Waals surface area contributed by atoms with Gasteiger partial charge in [0.15, 0.2) is 0 Å². The molecule has 1 aromatic heterocycles. The molecule has 1 heterocycles. The van der Waals surface area contributed by atoms with Gasteiger partial charge in [-0.25, -0.2) is 4.68 Å². The minimum atomic E-state index is -1.02. The van der Waals surface area contributed by atoms with E-state index in [1.165, 1.54) is 6.20 Å². The molecule has 1 rings (SSSR count). The molecule has 0 aliphatic rings. The van der Waals surface area contributed by atoms with Gasteiger partial charge in [-0.2, -0.15) is 0 Å². The Morgan fingerprint density at radius 3 is 2.64 bits per heavy atom. The lowest BCUT2D eigenvalue weighted by Gasteiger charge is -2.07. The molecule has 0 atom stereocenters. The van der Waals surface area contributed by atoms with Crippen molar-refractivity contribution < 1.29 is 19.5 Å². The second-order valence-corrected chi connectivity index (χ2v) is 5.29. The van der Waals surface area contributed by atoms with Gasteiger partial charge in [-0.05, 0) is 12.3 Å². The zero-order valence-electron chi connectivity index (χ0n) is 12.7. The number of aliphatic carboxylic acids is 1. The third kappa shape index (κ3) is 7.36. The molecule has 0 aliphatic carbocycles. The summed E-state index contributed by atoms with van der Waals surface area (Å²) in [5, 5.41) is 21.0. The molecule has 0 unspecified atom stereocenters. The highest BCUT2D eigenvalue weighted by Crippen LogP contribution is 2.02. The molecule has 2 amide bonds. The highest BCUT2D eigenvalue weighted by Gasteiger charge is 2.08. The molecule has 0 saturated carbocycles. The van der Waals surface area contributed by atoms with Crippen LogP contribution < -0.4 is 10.6 Å². The molecule has 9 nitrogen and oxygen atoms in total. The van der Waals surface area contributed by atoms with Gasteiger partial charge >= 0.3 is 5.97 Å². The summed E-state index contributed by atoms with van der Waals surface area (Å²) < 4.78 is 1.16. The Kier molecular flexibility index (Phi) is 7.00. The zero-order valence-corrected chi connectivity index (χ0v) is 12.7. The number of hydrogen-bond donors (Lipinski definition) is 3. The predicted molar refractivity (Wildman–Crippen MR) is 76.6 cm³/mol. The number of carboxylic acids is 1. The van der Waals surface area contributed by atoms with E-state index in [0.29, 0.717) is 18.0 Å². The summed E-state index contributed by atoms with van der Waals surface area (Å²) in [4.78, 5) is 33.5. The van der Waals surface area contributed by atoms with Crippen molar-refractivity contribution in [2.75, 3.05) is 6.54 Å². The fraction of sp³-hybridized carbons (Fsp3) is 0.615. The minimum Gasteiger partial charge on any atom is -0.480 e. The zero-order chi connectivity index (χ0) is 16.5. The van der Waals surface area contributed by atoms with Crippen LogP contribution in [0, 0.1) is 5.92 Å². The summed E-state index contributed by atoms with van der Waals surface area (Å²) in [7, 11) is 0. The van der Waals surface area contributed by atoms with Gasteiger partial charge in [-0.3, -0.25) is 14.4 Å². The molecule has 0 fully saturated rings. The van der Waals surface area contributed by atoms with Crippen molar-refractivity contribution in [1.29, 1.82) is 0 Å². The number of carboxylic acid groups (broad SMARTS) is 1. The normalized spacial score (nSPS) is 10.5.